The average molecular weight is 364 g/mol. The summed E-state index contributed by atoms with van der Waals surface area (Å²) < 4.78 is 41.0. The number of nitrogens with zero attached hydrogens (tertiary/aromatic N) is 4. The van der Waals surface area contributed by atoms with Gasteiger partial charge in [0.2, 0.25) is 0 Å². The van der Waals surface area contributed by atoms with E-state index in [1.54, 1.807) is 6.07 Å². The molecule has 2 aliphatic rings. The number of alkyl halides is 3. The van der Waals surface area contributed by atoms with E-state index in [-0.39, 0.29) is 6.04 Å². The SMILES string of the molecule is CN1CCC(n2nc(C3CC3)nc2Cc2cccc(C(F)(F)F)c2)CC1. The minimum Gasteiger partial charge on any atom is -0.306 e. The Bertz CT molecular complexity index is 771. The molecule has 1 aromatic heterocycles. The van der Waals surface area contributed by atoms with Gasteiger partial charge in [0.1, 0.15) is 5.82 Å². The molecule has 2 aromatic rings. The summed E-state index contributed by atoms with van der Waals surface area (Å²) in [6.45, 7) is 2.01. The summed E-state index contributed by atoms with van der Waals surface area (Å²) in [5, 5.41) is 4.75. The summed E-state index contributed by atoms with van der Waals surface area (Å²) in [4.78, 5) is 7.00. The standard InChI is InChI=1S/C19H23F3N4/c1-25-9-7-16(8-10-25)26-17(23-18(24-26)14-5-6-14)12-13-3-2-4-15(11-13)19(20,21)22/h2-4,11,14,16H,5-10,12H2,1H3. The number of hydrogen-bond acceptors (Lipinski definition) is 3. The number of aromatic nitrogens is 3. The smallest absolute Gasteiger partial charge is 0.306 e. The molecule has 0 radical (unpaired) electrons. The average Bonchev–Trinajstić information content (AvgIpc) is 3.37. The Kier molecular flexibility index (Phi) is 4.50. The molecule has 2 fully saturated rings. The van der Waals surface area contributed by atoms with Crippen LogP contribution in [0.15, 0.2) is 24.3 Å². The maximum atomic E-state index is 13.0. The van der Waals surface area contributed by atoms with E-state index in [9.17, 15) is 13.2 Å². The van der Waals surface area contributed by atoms with Crippen LogP contribution in [0.4, 0.5) is 13.2 Å². The van der Waals surface area contributed by atoms with Gasteiger partial charge >= 0.3 is 6.18 Å². The van der Waals surface area contributed by atoms with Gasteiger partial charge in [-0.05, 0) is 57.5 Å². The minimum absolute atomic E-state index is 0.284. The van der Waals surface area contributed by atoms with E-state index in [0.29, 0.717) is 17.9 Å². The first kappa shape index (κ1) is 17.5. The lowest BCUT2D eigenvalue weighted by molar-refractivity contribution is -0.137. The summed E-state index contributed by atoms with van der Waals surface area (Å²) in [6.07, 6.45) is 0.284. The molecular formula is C19H23F3N4. The van der Waals surface area contributed by atoms with E-state index < -0.39 is 11.7 Å². The molecule has 1 saturated heterocycles. The lowest BCUT2D eigenvalue weighted by Crippen LogP contribution is -2.32. The highest BCUT2D eigenvalue weighted by Gasteiger charge is 2.32. The van der Waals surface area contributed by atoms with Gasteiger partial charge in [0, 0.05) is 12.3 Å². The van der Waals surface area contributed by atoms with Gasteiger partial charge in [-0.15, -0.1) is 0 Å². The van der Waals surface area contributed by atoms with Crippen molar-refractivity contribution in [1.82, 2.24) is 19.7 Å². The minimum atomic E-state index is -4.32. The fraction of sp³-hybridized carbons (Fsp3) is 0.579. The number of benzene rings is 1. The van der Waals surface area contributed by atoms with Crippen molar-refractivity contribution in [3.05, 3.63) is 47.0 Å². The third kappa shape index (κ3) is 3.77. The van der Waals surface area contributed by atoms with Gasteiger partial charge in [-0.3, -0.25) is 0 Å². The lowest BCUT2D eigenvalue weighted by Gasteiger charge is -2.29. The number of likely N-dealkylation sites (tertiary alicyclic amines) is 1. The Labute approximate surface area is 151 Å². The molecule has 1 aliphatic heterocycles. The van der Waals surface area contributed by atoms with Crippen molar-refractivity contribution in [1.29, 1.82) is 0 Å². The fourth-order valence-corrected chi connectivity index (χ4v) is 3.58. The van der Waals surface area contributed by atoms with Crippen LogP contribution in [-0.4, -0.2) is 39.8 Å². The van der Waals surface area contributed by atoms with Crippen LogP contribution in [0.25, 0.3) is 0 Å². The molecule has 140 valence electrons. The quantitative estimate of drug-likeness (QED) is 0.821. The molecule has 4 nitrogen and oxygen atoms in total. The molecule has 0 atom stereocenters. The highest BCUT2D eigenvalue weighted by Crippen LogP contribution is 2.39. The molecular weight excluding hydrogens is 341 g/mol. The van der Waals surface area contributed by atoms with Crippen molar-refractivity contribution in [2.45, 2.75) is 50.2 Å². The summed E-state index contributed by atoms with van der Waals surface area (Å²) in [7, 11) is 2.11. The second-order valence-electron chi connectivity index (χ2n) is 7.51. The van der Waals surface area contributed by atoms with E-state index in [1.807, 2.05) is 4.68 Å². The van der Waals surface area contributed by atoms with Gasteiger partial charge in [0.15, 0.2) is 5.82 Å². The summed E-state index contributed by atoms with van der Waals surface area (Å²) in [6, 6.07) is 5.83. The van der Waals surface area contributed by atoms with Gasteiger partial charge in [-0.2, -0.15) is 18.3 Å². The number of piperidine rings is 1. The third-order valence-electron chi connectivity index (χ3n) is 5.31. The van der Waals surface area contributed by atoms with Crippen molar-refractivity contribution in [2.75, 3.05) is 20.1 Å². The van der Waals surface area contributed by atoms with Gasteiger partial charge < -0.3 is 4.90 Å². The lowest BCUT2D eigenvalue weighted by atomic mass is 10.0. The summed E-state index contributed by atoms with van der Waals surface area (Å²) in [5.74, 6) is 2.09. The molecule has 0 spiro atoms. The number of rotatable bonds is 4. The van der Waals surface area contributed by atoms with Gasteiger partial charge in [-0.1, -0.05) is 18.2 Å². The number of hydrogen-bond donors (Lipinski definition) is 0. The zero-order chi connectivity index (χ0) is 18.3. The Hall–Kier alpha value is -1.89. The number of halogens is 3. The van der Waals surface area contributed by atoms with Crippen molar-refractivity contribution < 1.29 is 13.2 Å². The van der Waals surface area contributed by atoms with Crippen molar-refractivity contribution in [2.24, 2.45) is 0 Å². The van der Waals surface area contributed by atoms with Crippen molar-refractivity contribution in [3.63, 3.8) is 0 Å². The maximum absolute atomic E-state index is 13.0. The molecule has 0 unspecified atom stereocenters. The monoisotopic (exact) mass is 364 g/mol. The summed E-state index contributed by atoms with van der Waals surface area (Å²) in [5.41, 5.74) is 0.0199. The molecule has 1 aromatic carbocycles. The van der Waals surface area contributed by atoms with Gasteiger partial charge in [-0.25, -0.2) is 9.67 Å². The highest BCUT2D eigenvalue weighted by molar-refractivity contribution is 5.28. The largest absolute Gasteiger partial charge is 0.416 e. The Balaban J connectivity index is 1.61. The first-order chi connectivity index (χ1) is 12.4. The predicted molar refractivity (Wildman–Crippen MR) is 92.0 cm³/mol. The molecule has 4 rings (SSSR count). The van der Waals surface area contributed by atoms with Crippen LogP contribution in [0.3, 0.4) is 0 Å². The van der Waals surface area contributed by atoms with E-state index in [4.69, 9.17) is 10.1 Å². The molecule has 2 heterocycles. The topological polar surface area (TPSA) is 34.0 Å². The van der Waals surface area contributed by atoms with E-state index >= 15 is 0 Å². The first-order valence-electron chi connectivity index (χ1n) is 9.20. The fourth-order valence-electron chi connectivity index (χ4n) is 3.58. The molecule has 1 aliphatic carbocycles. The van der Waals surface area contributed by atoms with Crippen LogP contribution in [0, 0.1) is 0 Å². The molecule has 7 heteroatoms. The van der Waals surface area contributed by atoms with Gasteiger partial charge in [0.25, 0.3) is 0 Å². The molecule has 0 bridgehead atoms. The van der Waals surface area contributed by atoms with Crippen LogP contribution in [0.2, 0.25) is 0 Å². The Morgan fingerprint density at radius 2 is 1.85 bits per heavy atom. The third-order valence-corrected chi connectivity index (χ3v) is 5.31. The van der Waals surface area contributed by atoms with Crippen LogP contribution < -0.4 is 0 Å². The predicted octanol–water partition coefficient (Wildman–Crippen LogP) is 4.03. The van der Waals surface area contributed by atoms with E-state index in [0.717, 1.165) is 56.5 Å². The van der Waals surface area contributed by atoms with Crippen LogP contribution in [0.5, 0.6) is 0 Å². The normalized spacial score (nSPS) is 19.8. The van der Waals surface area contributed by atoms with Gasteiger partial charge in [0.05, 0.1) is 11.6 Å². The second kappa shape index (κ2) is 6.68. The molecule has 0 amide bonds. The van der Waals surface area contributed by atoms with Crippen LogP contribution >= 0.6 is 0 Å². The molecule has 1 saturated carbocycles. The first-order valence-corrected chi connectivity index (χ1v) is 9.20. The van der Waals surface area contributed by atoms with E-state index in [1.165, 1.54) is 12.1 Å². The highest BCUT2D eigenvalue weighted by atomic mass is 19.4. The zero-order valence-corrected chi connectivity index (χ0v) is 14.8. The van der Waals surface area contributed by atoms with Crippen LogP contribution in [-0.2, 0) is 12.6 Å². The maximum Gasteiger partial charge on any atom is 0.416 e. The summed E-state index contributed by atoms with van der Waals surface area (Å²) >= 11 is 0. The van der Waals surface area contributed by atoms with Crippen molar-refractivity contribution in [3.8, 4) is 0 Å². The molecule has 26 heavy (non-hydrogen) atoms. The Morgan fingerprint density at radius 3 is 2.50 bits per heavy atom. The molecule has 0 N–H and O–H groups in total. The van der Waals surface area contributed by atoms with Crippen molar-refractivity contribution >= 4 is 0 Å². The second-order valence-corrected chi connectivity index (χ2v) is 7.51. The Morgan fingerprint density at radius 1 is 1.12 bits per heavy atom. The van der Waals surface area contributed by atoms with Crippen LogP contribution in [0.1, 0.15) is 60.4 Å². The zero-order valence-electron chi connectivity index (χ0n) is 14.8. The van der Waals surface area contributed by atoms with E-state index in [2.05, 4.69) is 11.9 Å².